The molecule has 5 heteroatoms. The number of rotatable bonds is 5. The summed E-state index contributed by atoms with van der Waals surface area (Å²) < 4.78 is 2.01. The summed E-state index contributed by atoms with van der Waals surface area (Å²) in [5.74, 6) is 2.58. The van der Waals surface area contributed by atoms with Crippen LogP contribution in [0.1, 0.15) is 19.4 Å². The molecule has 0 spiro atoms. The average Bonchev–Trinajstić information content (AvgIpc) is 2.85. The smallest absolute Gasteiger partial charge is 0.0522 e. The van der Waals surface area contributed by atoms with Gasteiger partial charge in [-0.2, -0.15) is 28.6 Å². The van der Waals surface area contributed by atoms with Crippen LogP contribution in [0.15, 0.2) is 12.4 Å². The van der Waals surface area contributed by atoms with Gasteiger partial charge in [0.15, 0.2) is 0 Å². The lowest BCUT2D eigenvalue weighted by molar-refractivity contribution is 0.530. The Morgan fingerprint density at radius 2 is 2.28 bits per heavy atom. The van der Waals surface area contributed by atoms with E-state index in [1.807, 2.05) is 10.9 Å². The van der Waals surface area contributed by atoms with Gasteiger partial charge in [-0.05, 0) is 26.0 Å². The highest BCUT2D eigenvalue weighted by Gasteiger charge is 2.29. The van der Waals surface area contributed by atoms with Gasteiger partial charge in [-0.15, -0.1) is 0 Å². The Morgan fingerprint density at radius 1 is 1.50 bits per heavy atom. The van der Waals surface area contributed by atoms with Crippen LogP contribution in [0.25, 0.3) is 0 Å². The average molecular weight is 285 g/mol. The first-order valence-electron chi connectivity index (χ1n) is 6.66. The lowest BCUT2D eigenvalue weighted by Crippen LogP contribution is -2.44. The molecule has 1 fully saturated rings. The molecule has 0 aliphatic carbocycles. The van der Waals surface area contributed by atoms with Gasteiger partial charge >= 0.3 is 0 Å². The van der Waals surface area contributed by atoms with E-state index in [4.69, 9.17) is 0 Å². The fraction of sp³-hybridized carbons (Fsp3) is 0.769. The third-order valence-corrected chi connectivity index (χ3v) is 6.72. The molecular formula is C13H23N3S2. The van der Waals surface area contributed by atoms with Crippen molar-refractivity contribution in [2.24, 2.45) is 0 Å². The van der Waals surface area contributed by atoms with Crippen molar-refractivity contribution in [3.8, 4) is 0 Å². The molecule has 102 valence electrons. The molecule has 3 atom stereocenters. The van der Waals surface area contributed by atoms with E-state index in [0.29, 0.717) is 11.3 Å². The van der Waals surface area contributed by atoms with Gasteiger partial charge in [-0.1, -0.05) is 6.92 Å². The first kappa shape index (κ1) is 14.3. The molecule has 0 radical (unpaired) electrons. The number of aromatic nitrogens is 2. The van der Waals surface area contributed by atoms with Crippen LogP contribution in [-0.2, 0) is 13.0 Å². The molecule has 0 saturated carbocycles. The Bertz CT molecular complexity index is 367. The van der Waals surface area contributed by atoms with Crippen molar-refractivity contribution in [1.29, 1.82) is 0 Å². The van der Waals surface area contributed by atoms with E-state index < -0.39 is 0 Å². The summed E-state index contributed by atoms with van der Waals surface area (Å²) in [7, 11) is 2.08. The van der Waals surface area contributed by atoms with E-state index in [1.165, 1.54) is 17.1 Å². The highest BCUT2D eigenvalue weighted by Crippen LogP contribution is 2.33. The number of hydrogen-bond donors (Lipinski definition) is 1. The second kappa shape index (κ2) is 6.87. The Labute approximate surface area is 118 Å². The second-order valence-electron chi connectivity index (χ2n) is 4.71. The van der Waals surface area contributed by atoms with Gasteiger partial charge in [0.1, 0.15) is 0 Å². The molecule has 1 N–H and O–H groups in total. The Morgan fingerprint density at radius 3 is 2.89 bits per heavy atom. The van der Waals surface area contributed by atoms with Crippen molar-refractivity contribution in [3.63, 3.8) is 0 Å². The molecule has 3 unspecified atom stereocenters. The monoisotopic (exact) mass is 285 g/mol. The molecule has 0 amide bonds. The molecule has 1 aromatic rings. The van der Waals surface area contributed by atoms with Crippen LogP contribution in [0.4, 0.5) is 0 Å². The van der Waals surface area contributed by atoms with Crippen molar-refractivity contribution in [2.45, 2.75) is 43.4 Å². The molecule has 1 saturated heterocycles. The third-order valence-electron chi connectivity index (χ3n) is 3.47. The maximum Gasteiger partial charge on any atom is 0.0522 e. The summed E-state index contributed by atoms with van der Waals surface area (Å²) in [6, 6.07) is 0.548. The number of likely N-dealkylation sites (N-methyl/N-ethyl adjacent to an activating group) is 1. The zero-order valence-electron chi connectivity index (χ0n) is 11.4. The van der Waals surface area contributed by atoms with Crippen molar-refractivity contribution in [2.75, 3.05) is 18.6 Å². The molecular weight excluding hydrogens is 262 g/mol. The lowest BCUT2D eigenvalue weighted by atomic mass is 10.0. The van der Waals surface area contributed by atoms with Gasteiger partial charge in [0.25, 0.3) is 0 Å². The van der Waals surface area contributed by atoms with Crippen LogP contribution < -0.4 is 5.32 Å². The van der Waals surface area contributed by atoms with Gasteiger partial charge < -0.3 is 5.32 Å². The van der Waals surface area contributed by atoms with Gasteiger partial charge in [-0.3, -0.25) is 4.68 Å². The molecule has 18 heavy (non-hydrogen) atoms. The van der Waals surface area contributed by atoms with Crippen LogP contribution in [-0.4, -0.2) is 44.9 Å². The summed E-state index contributed by atoms with van der Waals surface area (Å²) in [5.41, 5.74) is 1.35. The van der Waals surface area contributed by atoms with Crippen LogP contribution in [0.2, 0.25) is 0 Å². The highest BCUT2D eigenvalue weighted by atomic mass is 32.2. The zero-order chi connectivity index (χ0) is 13.0. The number of nitrogens with zero attached hydrogens (tertiary/aromatic N) is 2. The molecule has 1 aromatic heterocycles. The lowest BCUT2D eigenvalue weighted by Gasteiger charge is -2.34. The largest absolute Gasteiger partial charge is 0.316 e. The molecule has 2 heterocycles. The molecule has 0 aromatic carbocycles. The van der Waals surface area contributed by atoms with Gasteiger partial charge in [0.2, 0.25) is 0 Å². The maximum absolute atomic E-state index is 4.36. The number of thioether (sulfide) groups is 2. The maximum atomic E-state index is 4.36. The van der Waals surface area contributed by atoms with Gasteiger partial charge in [-0.25, -0.2) is 0 Å². The fourth-order valence-electron chi connectivity index (χ4n) is 2.41. The fourth-order valence-corrected chi connectivity index (χ4v) is 5.41. The van der Waals surface area contributed by atoms with Gasteiger partial charge in [0.05, 0.1) is 6.20 Å². The number of aryl methyl sites for hydroxylation is 1. The van der Waals surface area contributed by atoms with Crippen molar-refractivity contribution >= 4 is 23.5 Å². The van der Waals surface area contributed by atoms with E-state index >= 15 is 0 Å². The van der Waals surface area contributed by atoms with E-state index in [1.54, 1.807) is 0 Å². The van der Waals surface area contributed by atoms with Crippen molar-refractivity contribution in [1.82, 2.24) is 15.1 Å². The molecule has 0 bridgehead atoms. The predicted octanol–water partition coefficient (Wildman–Crippen LogP) is 2.27. The number of hydrogen-bond acceptors (Lipinski definition) is 4. The van der Waals surface area contributed by atoms with Gasteiger partial charge in [0, 0.05) is 40.8 Å². The first-order chi connectivity index (χ1) is 8.74. The van der Waals surface area contributed by atoms with E-state index in [0.717, 1.165) is 18.2 Å². The first-order valence-corrected chi connectivity index (χ1v) is 8.76. The van der Waals surface area contributed by atoms with E-state index in [-0.39, 0.29) is 0 Å². The van der Waals surface area contributed by atoms with Crippen LogP contribution in [0.5, 0.6) is 0 Å². The van der Waals surface area contributed by atoms with Crippen molar-refractivity contribution in [3.05, 3.63) is 18.0 Å². The standard InChI is InChI=1S/C13H23N3S2/c1-4-16-9-11(8-15-16)7-12(14-3)13-10(2)17-5-6-18-13/h8-10,12-14H,4-7H2,1-3H3. The van der Waals surface area contributed by atoms with Crippen molar-refractivity contribution < 1.29 is 0 Å². The van der Waals surface area contributed by atoms with Crippen LogP contribution in [0.3, 0.4) is 0 Å². The van der Waals surface area contributed by atoms with Crippen LogP contribution >= 0.6 is 23.5 Å². The second-order valence-corrected chi connectivity index (χ2v) is 7.49. The Balaban J connectivity index is 1.99. The number of nitrogens with one attached hydrogen (secondary N) is 1. The SMILES string of the molecule is CCn1cc(CC(NC)C2SCCSC2C)cn1. The van der Waals surface area contributed by atoms with E-state index in [2.05, 4.69) is 61.0 Å². The normalized spacial score (nSPS) is 26.2. The zero-order valence-corrected chi connectivity index (χ0v) is 13.1. The Hall–Kier alpha value is -0.130. The quantitative estimate of drug-likeness (QED) is 0.899. The summed E-state index contributed by atoms with van der Waals surface area (Å²) in [6.45, 7) is 5.44. The highest BCUT2D eigenvalue weighted by molar-refractivity contribution is 8.07. The Kier molecular flexibility index (Phi) is 5.45. The summed E-state index contributed by atoms with van der Waals surface area (Å²) in [5, 5.41) is 9.32. The van der Waals surface area contributed by atoms with Crippen LogP contribution in [0, 0.1) is 0 Å². The summed E-state index contributed by atoms with van der Waals surface area (Å²) in [4.78, 5) is 0. The molecule has 1 aliphatic rings. The topological polar surface area (TPSA) is 29.9 Å². The summed E-state index contributed by atoms with van der Waals surface area (Å²) >= 11 is 4.23. The minimum Gasteiger partial charge on any atom is -0.316 e. The minimum absolute atomic E-state index is 0.548. The minimum atomic E-state index is 0.548. The third kappa shape index (κ3) is 3.45. The molecule has 2 rings (SSSR count). The summed E-state index contributed by atoms with van der Waals surface area (Å²) in [6.07, 6.45) is 5.27. The molecule has 3 nitrogen and oxygen atoms in total. The predicted molar refractivity (Wildman–Crippen MR) is 82.6 cm³/mol. The van der Waals surface area contributed by atoms with E-state index in [9.17, 15) is 0 Å². The molecule has 1 aliphatic heterocycles.